The summed E-state index contributed by atoms with van der Waals surface area (Å²) < 4.78 is 5.49. The Bertz CT molecular complexity index is 581. The van der Waals surface area contributed by atoms with Gasteiger partial charge in [-0.3, -0.25) is 9.69 Å². The van der Waals surface area contributed by atoms with Crippen molar-refractivity contribution in [2.75, 3.05) is 26.3 Å². The van der Waals surface area contributed by atoms with Gasteiger partial charge in [-0.05, 0) is 19.3 Å². The van der Waals surface area contributed by atoms with E-state index < -0.39 is 0 Å². The van der Waals surface area contributed by atoms with Crippen LogP contribution in [0.1, 0.15) is 51.4 Å². The van der Waals surface area contributed by atoms with Crippen molar-refractivity contribution in [2.45, 2.75) is 69.1 Å². The van der Waals surface area contributed by atoms with Crippen molar-refractivity contribution in [2.24, 2.45) is 15.6 Å². The number of hydrogen-bond donors (Lipinski definition) is 1. The summed E-state index contributed by atoms with van der Waals surface area (Å²) in [4.78, 5) is 15.0. The van der Waals surface area contributed by atoms with Crippen LogP contribution in [0.3, 0.4) is 0 Å². The summed E-state index contributed by atoms with van der Waals surface area (Å²) in [6.07, 6.45) is 12.8. The van der Waals surface area contributed by atoms with Crippen molar-refractivity contribution < 1.29 is 9.53 Å². The van der Waals surface area contributed by atoms with Gasteiger partial charge in [-0.1, -0.05) is 6.42 Å². The van der Waals surface area contributed by atoms with Crippen LogP contribution in [-0.2, 0) is 9.53 Å². The Morgan fingerprint density at radius 1 is 1.28 bits per heavy atom. The van der Waals surface area contributed by atoms with Crippen LogP contribution >= 0.6 is 0 Å². The van der Waals surface area contributed by atoms with Crippen molar-refractivity contribution in [1.82, 2.24) is 10.2 Å². The highest BCUT2D eigenvalue weighted by Gasteiger charge is 2.60. The van der Waals surface area contributed by atoms with Gasteiger partial charge in [-0.25, -0.2) is 0 Å². The summed E-state index contributed by atoms with van der Waals surface area (Å²) >= 11 is 0. The van der Waals surface area contributed by atoms with E-state index in [-0.39, 0.29) is 11.6 Å². The monoisotopic (exact) mass is 344 g/mol. The van der Waals surface area contributed by atoms with Gasteiger partial charge >= 0.3 is 0 Å². The fourth-order valence-corrected chi connectivity index (χ4v) is 4.88. The smallest absolute Gasteiger partial charge is 0.220 e. The number of nitrogens with one attached hydrogen (secondary N) is 1. The van der Waals surface area contributed by atoms with Gasteiger partial charge < -0.3 is 10.1 Å². The molecule has 3 fully saturated rings. The number of hydrogen-bond acceptors (Lipinski definition) is 5. The summed E-state index contributed by atoms with van der Waals surface area (Å²) in [6, 6.07) is 0.974. The lowest BCUT2D eigenvalue weighted by Crippen LogP contribution is -2.72. The van der Waals surface area contributed by atoms with E-state index in [1.807, 2.05) is 0 Å². The molecule has 1 spiro atoms. The van der Waals surface area contributed by atoms with Gasteiger partial charge in [0.25, 0.3) is 0 Å². The minimum absolute atomic E-state index is 0.147. The lowest BCUT2D eigenvalue weighted by atomic mass is 9.49. The Morgan fingerprint density at radius 3 is 2.64 bits per heavy atom. The Kier molecular flexibility index (Phi) is 4.55. The third kappa shape index (κ3) is 3.20. The van der Waals surface area contributed by atoms with Gasteiger partial charge in [-0.15, -0.1) is 12.3 Å². The summed E-state index contributed by atoms with van der Waals surface area (Å²) in [6.45, 7) is 3.76. The molecule has 0 aromatic carbocycles. The molecular weight excluding hydrogens is 316 g/mol. The number of amides is 1. The predicted octanol–water partition coefficient (Wildman–Crippen LogP) is 2.10. The predicted molar refractivity (Wildman–Crippen MR) is 93.9 cm³/mol. The van der Waals surface area contributed by atoms with Gasteiger partial charge in [0, 0.05) is 56.3 Å². The molecule has 136 valence electrons. The number of ether oxygens (including phenoxy) is 1. The Labute approximate surface area is 149 Å². The molecule has 4 aliphatic rings. The average Bonchev–Trinajstić information content (AvgIpc) is 3.34. The van der Waals surface area contributed by atoms with Crippen molar-refractivity contribution in [3.05, 3.63) is 0 Å². The van der Waals surface area contributed by atoms with Crippen LogP contribution in [0.2, 0.25) is 0 Å². The van der Waals surface area contributed by atoms with Crippen LogP contribution in [0, 0.1) is 17.8 Å². The van der Waals surface area contributed by atoms with E-state index >= 15 is 0 Å². The molecule has 6 nitrogen and oxygen atoms in total. The molecule has 2 aliphatic carbocycles. The van der Waals surface area contributed by atoms with Gasteiger partial charge in [0.15, 0.2) is 5.66 Å². The summed E-state index contributed by atoms with van der Waals surface area (Å²) in [5.41, 5.74) is -0.0314. The van der Waals surface area contributed by atoms with E-state index in [9.17, 15) is 4.79 Å². The van der Waals surface area contributed by atoms with E-state index in [0.29, 0.717) is 36.8 Å². The standard InChI is InChI=1S/C19H28N4O2/c1-2-3-8-19(21-22-19)9-5-17(24)20-15-14-16(18(15)6-4-7-18)23-10-12-25-13-11-23/h1,15-16H,3-14H2,(H,20,24)/t15-,16-/m1/s1. The summed E-state index contributed by atoms with van der Waals surface area (Å²) in [5, 5.41) is 11.5. The van der Waals surface area contributed by atoms with Crippen LogP contribution in [-0.4, -0.2) is 54.9 Å². The molecule has 4 rings (SSSR count). The number of morpholine rings is 1. The Balaban J connectivity index is 1.25. The molecular formula is C19H28N4O2. The van der Waals surface area contributed by atoms with Crippen LogP contribution in [0.4, 0.5) is 0 Å². The number of carbonyl (C=O) groups excluding carboxylic acids is 1. The van der Waals surface area contributed by atoms with Crippen molar-refractivity contribution in [1.29, 1.82) is 0 Å². The molecule has 1 N–H and O–H groups in total. The van der Waals surface area contributed by atoms with E-state index in [1.54, 1.807) is 0 Å². The van der Waals surface area contributed by atoms with E-state index in [2.05, 4.69) is 26.4 Å². The molecule has 2 atom stereocenters. The van der Waals surface area contributed by atoms with Gasteiger partial charge in [0.1, 0.15) is 0 Å². The molecule has 0 aromatic rings. The molecule has 6 heteroatoms. The molecule has 0 aromatic heterocycles. The quantitative estimate of drug-likeness (QED) is 0.719. The molecule has 2 aliphatic heterocycles. The van der Waals surface area contributed by atoms with Crippen LogP contribution in [0.5, 0.6) is 0 Å². The van der Waals surface area contributed by atoms with E-state index in [0.717, 1.165) is 39.1 Å². The molecule has 25 heavy (non-hydrogen) atoms. The topological polar surface area (TPSA) is 66.3 Å². The van der Waals surface area contributed by atoms with Crippen LogP contribution < -0.4 is 5.32 Å². The second kappa shape index (κ2) is 6.69. The minimum Gasteiger partial charge on any atom is -0.379 e. The molecule has 1 amide bonds. The Morgan fingerprint density at radius 2 is 2.04 bits per heavy atom. The lowest BCUT2D eigenvalue weighted by Gasteiger charge is -2.64. The highest BCUT2D eigenvalue weighted by molar-refractivity contribution is 5.76. The zero-order valence-electron chi connectivity index (χ0n) is 14.9. The van der Waals surface area contributed by atoms with Crippen LogP contribution in [0.25, 0.3) is 0 Å². The SMILES string of the molecule is C#CCCC1(CCC(=O)N[C@@H]2C[C@@H](N3CCOCC3)C23CCC3)N=N1. The number of terminal acetylenes is 1. The molecule has 0 bridgehead atoms. The summed E-state index contributed by atoms with van der Waals surface area (Å²) in [7, 11) is 0. The van der Waals surface area contributed by atoms with Gasteiger partial charge in [0.2, 0.25) is 5.91 Å². The largest absolute Gasteiger partial charge is 0.379 e. The normalized spacial score (nSPS) is 31.6. The fourth-order valence-electron chi connectivity index (χ4n) is 4.88. The highest BCUT2D eigenvalue weighted by Crippen LogP contribution is 2.58. The number of carbonyl (C=O) groups is 1. The fraction of sp³-hybridized carbons (Fsp3) is 0.842. The summed E-state index contributed by atoms with van der Waals surface area (Å²) in [5.74, 6) is 2.78. The maximum Gasteiger partial charge on any atom is 0.220 e. The zero-order valence-corrected chi connectivity index (χ0v) is 14.9. The molecule has 2 heterocycles. The minimum atomic E-state index is -0.353. The van der Waals surface area contributed by atoms with Crippen molar-refractivity contribution in [3.8, 4) is 12.3 Å². The molecule has 2 saturated carbocycles. The molecule has 1 saturated heterocycles. The molecule has 0 unspecified atom stereocenters. The van der Waals surface area contributed by atoms with Crippen molar-refractivity contribution >= 4 is 5.91 Å². The third-order valence-electron chi connectivity index (χ3n) is 6.73. The first-order valence-corrected chi connectivity index (χ1v) is 9.66. The average molecular weight is 344 g/mol. The second-order valence-electron chi connectivity index (χ2n) is 7.99. The maximum atomic E-state index is 12.4. The van der Waals surface area contributed by atoms with Gasteiger partial charge in [-0.2, -0.15) is 10.2 Å². The van der Waals surface area contributed by atoms with E-state index in [4.69, 9.17) is 11.2 Å². The zero-order chi connectivity index (χ0) is 17.3. The second-order valence-corrected chi connectivity index (χ2v) is 7.99. The highest BCUT2D eigenvalue weighted by atomic mass is 16.5. The first-order chi connectivity index (χ1) is 12.2. The first kappa shape index (κ1) is 17.0. The third-order valence-corrected chi connectivity index (χ3v) is 6.73. The van der Waals surface area contributed by atoms with E-state index in [1.165, 1.54) is 19.3 Å². The van der Waals surface area contributed by atoms with Gasteiger partial charge in [0.05, 0.1) is 13.2 Å². The molecule has 0 radical (unpaired) electrons. The Hall–Kier alpha value is -1.45. The van der Waals surface area contributed by atoms with Crippen molar-refractivity contribution in [3.63, 3.8) is 0 Å². The number of nitrogens with zero attached hydrogens (tertiary/aromatic N) is 3. The van der Waals surface area contributed by atoms with Crippen LogP contribution in [0.15, 0.2) is 10.2 Å². The first-order valence-electron chi connectivity index (χ1n) is 9.66. The maximum absolute atomic E-state index is 12.4. The lowest BCUT2D eigenvalue weighted by molar-refractivity contribution is -0.147. The number of rotatable bonds is 7.